The number of aryl methyl sites for hydroxylation is 1. The van der Waals surface area contributed by atoms with Crippen molar-refractivity contribution in [1.82, 2.24) is 19.6 Å². The summed E-state index contributed by atoms with van der Waals surface area (Å²) in [5.74, 6) is 0. The fraction of sp³-hybridized carbons (Fsp3) is 0.769. The summed E-state index contributed by atoms with van der Waals surface area (Å²) >= 11 is 0. The van der Waals surface area contributed by atoms with E-state index in [0.717, 1.165) is 19.1 Å². The SMILES string of the molecule is Cn1cc(C(CN)N2CCN3CCCC3C2)cn1. The second-order valence-electron chi connectivity index (χ2n) is 5.53. The van der Waals surface area contributed by atoms with Crippen LogP contribution in [0.2, 0.25) is 0 Å². The minimum Gasteiger partial charge on any atom is -0.329 e. The lowest BCUT2D eigenvalue weighted by Crippen LogP contribution is -2.52. The van der Waals surface area contributed by atoms with Crippen molar-refractivity contribution < 1.29 is 0 Å². The summed E-state index contributed by atoms with van der Waals surface area (Å²) in [4.78, 5) is 5.18. The molecule has 2 unspecified atom stereocenters. The lowest BCUT2D eigenvalue weighted by atomic mass is 10.1. The molecule has 0 bridgehead atoms. The molecule has 5 nitrogen and oxygen atoms in total. The van der Waals surface area contributed by atoms with Crippen LogP contribution >= 0.6 is 0 Å². The number of aromatic nitrogens is 2. The average Bonchev–Trinajstić information content (AvgIpc) is 2.99. The molecule has 2 atom stereocenters. The van der Waals surface area contributed by atoms with Gasteiger partial charge in [0.2, 0.25) is 0 Å². The summed E-state index contributed by atoms with van der Waals surface area (Å²) in [6, 6.07) is 1.09. The Bertz CT molecular complexity index is 402. The van der Waals surface area contributed by atoms with Crippen LogP contribution in [-0.4, -0.2) is 58.3 Å². The molecule has 1 aromatic heterocycles. The van der Waals surface area contributed by atoms with Crippen molar-refractivity contribution in [3.05, 3.63) is 18.0 Å². The van der Waals surface area contributed by atoms with Gasteiger partial charge in [0, 0.05) is 51.0 Å². The van der Waals surface area contributed by atoms with Crippen LogP contribution in [-0.2, 0) is 7.05 Å². The highest BCUT2D eigenvalue weighted by atomic mass is 15.3. The molecule has 0 radical (unpaired) electrons. The first-order valence-electron chi connectivity index (χ1n) is 6.94. The molecular weight excluding hydrogens is 226 g/mol. The molecular formula is C13H23N5. The van der Waals surface area contributed by atoms with Crippen LogP contribution in [0.3, 0.4) is 0 Å². The Morgan fingerprint density at radius 2 is 2.33 bits per heavy atom. The largest absolute Gasteiger partial charge is 0.329 e. The van der Waals surface area contributed by atoms with Crippen molar-refractivity contribution in [3.8, 4) is 0 Å². The van der Waals surface area contributed by atoms with Gasteiger partial charge in [0.1, 0.15) is 0 Å². The predicted molar refractivity (Wildman–Crippen MR) is 71.2 cm³/mol. The van der Waals surface area contributed by atoms with Crippen LogP contribution < -0.4 is 5.73 Å². The van der Waals surface area contributed by atoms with Crippen LogP contribution in [0, 0.1) is 0 Å². The number of fused-ring (bicyclic) bond motifs is 1. The Hall–Kier alpha value is -0.910. The molecule has 0 spiro atoms. The smallest absolute Gasteiger partial charge is 0.0538 e. The first kappa shape index (κ1) is 12.1. The van der Waals surface area contributed by atoms with E-state index in [0.29, 0.717) is 12.6 Å². The number of nitrogens with zero attached hydrogens (tertiary/aromatic N) is 4. The van der Waals surface area contributed by atoms with Crippen molar-refractivity contribution in [2.24, 2.45) is 12.8 Å². The topological polar surface area (TPSA) is 50.3 Å². The zero-order valence-corrected chi connectivity index (χ0v) is 11.1. The molecule has 2 saturated heterocycles. The van der Waals surface area contributed by atoms with Crippen LogP contribution in [0.5, 0.6) is 0 Å². The third-order valence-corrected chi connectivity index (χ3v) is 4.39. The van der Waals surface area contributed by atoms with Crippen molar-refractivity contribution in [1.29, 1.82) is 0 Å². The summed E-state index contributed by atoms with van der Waals surface area (Å²) in [5.41, 5.74) is 7.25. The standard InChI is InChI=1S/C13H23N5/c1-16-9-11(8-15-16)13(7-14)18-6-5-17-4-2-3-12(17)10-18/h8-9,12-13H,2-7,10,14H2,1H3. The highest BCUT2D eigenvalue weighted by Gasteiger charge is 2.33. The van der Waals surface area contributed by atoms with Gasteiger partial charge in [-0.2, -0.15) is 5.10 Å². The van der Waals surface area contributed by atoms with Crippen LogP contribution in [0.25, 0.3) is 0 Å². The van der Waals surface area contributed by atoms with Crippen molar-refractivity contribution in [2.75, 3.05) is 32.7 Å². The van der Waals surface area contributed by atoms with Crippen molar-refractivity contribution in [3.63, 3.8) is 0 Å². The molecule has 5 heteroatoms. The Balaban J connectivity index is 1.72. The monoisotopic (exact) mass is 249 g/mol. The van der Waals surface area contributed by atoms with E-state index < -0.39 is 0 Å². The normalized spacial score (nSPS) is 27.3. The van der Waals surface area contributed by atoms with E-state index in [-0.39, 0.29) is 0 Å². The molecule has 0 amide bonds. The second-order valence-corrected chi connectivity index (χ2v) is 5.53. The first-order chi connectivity index (χ1) is 8.78. The molecule has 3 rings (SSSR count). The molecule has 1 aromatic rings. The molecule has 0 saturated carbocycles. The molecule has 0 aromatic carbocycles. The fourth-order valence-electron chi connectivity index (χ4n) is 3.41. The van der Waals surface area contributed by atoms with Crippen molar-refractivity contribution in [2.45, 2.75) is 24.9 Å². The zero-order valence-electron chi connectivity index (χ0n) is 11.1. The Morgan fingerprint density at radius 3 is 3.06 bits per heavy atom. The van der Waals surface area contributed by atoms with E-state index in [1.165, 1.54) is 31.5 Å². The second kappa shape index (κ2) is 4.99. The molecule has 3 heterocycles. The first-order valence-corrected chi connectivity index (χ1v) is 6.94. The van der Waals surface area contributed by atoms with Gasteiger partial charge in [0.05, 0.1) is 12.2 Å². The molecule has 2 N–H and O–H groups in total. The summed E-state index contributed by atoms with van der Waals surface area (Å²) in [6.07, 6.45) is 6.76. The van der Waals surface area contributed by atoms with Crippen LogP contribution in [0.1, 0.15) is 24.4 Å². The van der Waals surface area contributed by atoms with Gasteiger partial charge in [0.15, 0.2) is 0 Å². The Morgan fingerprint density at radius 1 is 1.44 bits per heavy atom. The molecule has 0 aliphatic carbocycles. The van der Waals surface area contributed by atoms with Gasteiger partial charge >= 0.3 is 0 Å². The Labute approximate surface area is 109 Å². The van der Waals surface area contributed by atoms with E-state index in [4.69, 9.17) is 5.73 Å². The Kier molecular flexibility index (Phi) is 3.37. The average molecular weight is 249 g/mol. The van der Waals surface area contributed by atoms with E-state index in [1.54, 1.807) is 0 Å². The highest BCUT2D eigenvalue weighted by Crippen LogP contribution is 2.27. The summed E-state index contributed by atoms with van der Waals surface area (Å²) < 4.78 is 1.86. The lowest BCUT2D eigenvalue weighted by Gasteiger charge is -2.41. The number of hydrogen-bond acceptors (Lipinski definition) is 4. The highest BCUT2D eigenvalue weighted by molar-refractivity contribution is 5.12. The van der Waals surface area contributed by atoms with Crippen molar-refractivity contribution >= 4 is 0 Å². The number of nitrogens with two attached hydrogens (primary N) is 1. The molecule has 2 aliphatic rings. The third-order valence-electron chi connectivity index (χ3n) is 4.39. The van der Waals surface area contributed by atoms with E-state index in [9.17, 15) is 0 Å². The predicted octanol–water partition coefficient (Wildman–Crippen LogP) is 0.200. The maximum Gasteiger partial charge on any atom is 0.0538 e. The molecule has 18 heavy (non-hydrogen) atoms. The lowest BCUT2D eigenvalue weighted by molar-refractivity contribution is 0.0737. The van der Waals surface area contributed by atoms with Crippen LogP contribution in [0.15, 0.2) is 12.4 Å². The van der Waals surface area contributed by atoms with Gasteiger partial charge in [-0.1, -0.05) is 0 Å². The maximum atomic E-state index is 5.99. The zero-order chi connectivity index (χ0) is 12.5. The van der Waals surface area contributed by atoms with E-state index in [2.05, 4.69) is 21.1 Å². The summed E-state index contributed by atoms with van der Waals surface area (Å²) in [6.45, 7) is 5.46. The maximum absolute atomic E-state index is 5.99. The third kappa shape index (κ3) is 2.18. The summed E-state index contributed by atoms with van der Waals surface area (Å²) in [5, 5.41) is 4.27. The quantitative estimate of drug-likeness (QED) is 0.831. The summed E-state index contributed by atoms with van der Waals surface area (Å²) in [7, 11) is 1.96. The van der Waals surface area contributed by atoms with Gasteiger partial charge in [-0.3, -0.25) is 14.5 Å². The van der Waals surface area contributed by atoms with Gasteiger partial charge in [-0.05, 0) is 19.4 Å². The molecule has 100 valence electrons. The number of hydrogen-bond donors (Lipinski definition) is 1. The van der Waals surface area contributed by atoms with Crippen LogP contribution in [0.4, 0.5) is 0 Å². The van der Waals surface area contributed by atoms with E-state index >= 15 is 0 Å². The minimum absolute atomic E-state index is 0.335. The van der Waals surface area contributed by atoms with Gasteiger partial charge in [-0.15, -0.1) is 0 Å². The van der Waals surface area contributed by atoms with E-state index in [1.807, 2.05) is 17.9 Å². The van der Waals surface area contributed by atoms with Gasteiger partial charge < -0.3 is 5.73 Å². The fourth-order valence-corrected chi connectivity index (χ4v) is 3.41. The van der Waals surface area contributed by atoms with Gasteiger partial charge in [-0.25, -0.2) is 0 Å². The minimum atomic E-state index is 0.335. The number of rotatable bonds is 3. The molecule has 2 aliphatic heterocycles. The number of piperazine rings is 1. The molecule has 2 fully saturated rings. The van der Waals surface area contributed by atoms with Gasteiger partial charge in [0.25, 0.3) is 0 Å².